The molecule has 1 aliphatic rings. The van der Waals surface area contributed by atoms with Gasteiger partial charge in [0.25, 0.3) is 5.95 Å². The Kier molecular flexibility index (Phi) is 2.82. The average Bonchev–Trinajstić information content (AvgIpc) is 3.11. The van der Waals surface area contributed by atoms with E-state index in [1.807, 2.05) is 6.20 Å². The SMILES string of the molecule is CC1(C)N=C(c2cnc3c(F)ncn3c2)c2sccc2C1(C)C. The molecule has 0 radical (unpaired) electrons. The van der Waals surface area contributed by atoms with Crippen LogP contribution in [0.25, 0.3) is 5.65 Å². The van der Waals surface area contributed by atoms with E-state index < -0.39 is 5.95 Å². The van der Waals surface area contributed by atoms with E-state index in [9.17, 15) is 4.39 Å². The van der Waals surface area contributed by atoms with E-state index >= 15 is 0 Å². The summed E-state index contributed by atoms with van der Waals surface area (Å²) in [5.41, 5.74) is 3.03. The first kappa shape index (κ1) is 14.5. The van der Waals surface area contributed by atoms with Crippen LogP contribution < -0.4 is 0 Å². The number of fused-ring (bicyclic) bond motifs is 2. The van der Waals surface area contributed by atoms with Gasteiger partial charge in [-0.2, -0.15) is 4.39 Å². The molecule has 0 aliphatic carbocycles. The third kappa shape index (κ3) is 1.91. The van der Waals surface area contributed by atoms with Crippen LogP contribution in [0.5, 0.6) is 0 Å². The van der Waals surface area contributed by atoms with E-state index in [0.717, 1.165) is 16.2 Å². The van der Waals surface area contributed by atoms with Crippen molar-refractivity contribution in [1.29, 1.82) is 0 Å². The van der Waals surface area contributed by atoms with Crippen LogP contribution in [0.3, 0.4) is 0 Å². The second-order valence-corrected chi connectivity index (χ2v) is 7.83. The van der Waals surface area contributed by atoms with Gasteiger partial charge in [-0.05, 0) is 30.9 Å². The summed E-state index contributed by atoms with van der Waals surface area (Å²) in [6.45, 7) is 8.75. The molecule has 4 rings (SSSR count). The predicted molar refractivity (Wildman–Crippen MR) is 90.0 cm³/mol. The minimum atomic E-state index is -0.555. The molecule has 4 nitrogen and oxygen atoms in total. The molecule has 23 heavy (non-hydrogen) atoms. The lowest BCUT2D eigenvalue weighted by Gasteiger charge is -2.43. The van der Waals surface area contributed by atoms with E-state index in [1.165, 1.54) is 11.9 Å². The second-order valence-electron chi connectivity index (χ2n) is 6.92. The van der Waals surface area contributed by atoms with Gasteiger partial charge in [0.1, 0.15) is 6.33 Å². The van der Waals surface area contributed by atoms with E-state index in [4.69, 9.17) is 4.99 Å². The smallest absolute Gasteiger partial charge is 0.257 e. The Balaban J connectivity index is 1.95. The first-order chi connectivity index (χ1) is 10.8. The first-order valence-electron chi connectivity index (χ1n) is 7.48. The zero-order chi connectivity index (χ0) is 16.4. The molecule has 0 saturated carbocycles. The largest absolute Gasteiger partial charge is 0.287 e. The number of hydrogen-bond donors (Lipinski definition) is 0. The molecule has 118 valence electrons. The number of thiophene rings is 1. The zero-order valence-corrected chi connectivity index (χ0v) is 14.3. The molecule has 0 aromatic carbocycles. The summed E-state index contributed by atoms with van der Waals surface area (Å²) in [4.78, 5) is 14.1. The summed E-state index contributed by atoms with van der Waals surface area (Å²) >= 11 is 1.68. The van der Waals surface area contributed by atoms with Gasteiger partial charge in [-0.3, -0.25) is 9.39 Å². The van der Waals surface area contributed by atoms with E-state index in [2.05, 4.69) is 49.1 Å². The summed E-state index contributed by atoms with van der Waals surface area (Å²) in [6.07, 6.45) is 4.96. The standard InChI is InChI=1S/C17H17FN4S/c1-16(2)11-5-6-23-13(11)12(21-17(16,3)4)10-7-19-15-14(18)20-9-22(15)8-10/h5-9H,1-4H3. The second kappa shape index (κ2) is 4.47. The summed E-state index contributed by atoms with van der Waals surface area (Å²) in [5.74, 6) is -0.555. The Bertz CT molecular complexity index is 949. The van der Waals surface area contributed by atoms with Gasteiger partial charge in [-0.25, -0.2) is 9.97 Å². The van der Waals surface area contributed by atoms with Crippen molar-refractivity contribution in [3.05, 3.63) is 52.1 Å². The lowest BCUT2D eigenvalue weighted by molar-refractivity contribution is 0.305. The van der Waals surface area contributed by atoms with Gasteiger partial charge in [0.15, 0.2) is 5.65 Å². The first-order valence-corrected chi connectivity index (χ1v) is 8.36. The molecule has 0 atom stereocenters. The number of aromatic nitrogens is 3. The van der Waals surface area contributed by atoms with Crippen molar-refractivity contribution in [2.45, 2.75) is 38.6 Å². The molecule has 0 fully saturated rings. The highest BCUT2D eigenvalue weighted by Crippen LogP contribution is 2.45. The van der Waals surface area contributed by atoms with Crippen molar-refractivity contribution in [3.8, 4) is 0 Å². The highest BCUT2D eigenvalue weighted by Gasteiger charge is 2.44. The fourth-order valence-corrected chi connectivity index (χ4v) is 4.03. The number of aliphatic imine (C=N–C) groups is 1. The molecule has 0 spiro atoms. The number of imidazole rings is 1. The van der Waals surface area contributed by atoms with E-state index in [1.54, 1.807) is 21.9 Å². The number of nitrogens with zero attached hydrogens (tertiary/aromatic N) is 4. The molecule has 3 aromatic heterocycles. The van der Waals surface area contributed by atoms with E-state index in [-0.39, 0.29) is 16.6 Å². The van der Waals surface area contributed by atoms with Crippen LogP contribution in [0.1, 0.15) is 43.7 Å². The molecule has 0 N–H and O–H groups in total. The van der Waals surface area contributed by atoms with Gasteiger partial charge in [-0.15, -0.1) is 11.3 Å². The van der Waals surface area contributed by atoms with Crippen molar-refractivity contribution >= 4 is 22.7 Å². The summed E-state index contributed by atoms with van der Waals surface area (Å²) in [6, 6.07) is 2.18. The Labute approximate surface area is 137 Å². The van der Waals surface area contributed by atoms with Crippen LogP contribution in [0.15, 0.2) is 35.2 Å². The molecule has 0 saturated heterocycles. The van der Waals surface area contributed by atoms with Crippen molar-refractivity contribution in [2.24, 2.45) is 4.99 Å². The third-order valence-electron chi connectivity index (χ3n) is 5.08. The Morgan fingerprint density at radius 3 is 2.74 bits per heavy atom. The third-order valence-corrected chi connectivity index (χ3v) is 6.00. The molecule has 1 aliphatic heterocycles. The average molecular weight is 328 g/mol. The van der Waals surface area contributed by atoms with Gasteiger partial charge in [0.05, 0.1) is 16.1 Å². The molecular weight excluding hydrogens is 311 g/mol. The van der Waals surface area contributed by atoms with Crippen LogP contribution in [0.4, 0.5) is 4.39 Å². The highest BCUT2D eigenvalue weighted by atomic mass is 32.1. The van der Waals surface area contributed by atoms with Gasteiger partial charge in [0.2, 0.25) is 0 Å². The molecule has 3 aromatic rings. The molecule has 0 amide bonds. The van der Waals surface area contributed by atoms with Crippen molar-refractivity contribution < 1.29 is 4.39 Å². The number of hydrogen-bond acceptors (Lipinski definition) is 4. The van der Waals surface area contributed by atoms with Gasteiger partial charge in [-0.1, -0.05) is 13.8 Å². The van der Waals surface area contributed by atoms with Crippen molar-refractivity contribution in [1.82, 2.24) is 14.4 Å². The van der Waals surface area contributed by atoms with Gasteiger partial charge >= 0.3 is 0 Å². The quantitative estimate of drug-likeness (QED) is 0.681. The van der Waals surface area contributed by atoms with Crippen molar-refractivity contribution in [3.63, 3.8) is 0 Å². The van der Waals surface area contributed by atoms with Gasteiger partial charge in [0, 0.05) is 23.4 Å². The lowest BCUT2D eigenvalue weighted by atomic mass is 9.68. The van der Waals surface area contributed by atoms with Gasteiger partial charge < -0.3 is 0 Å². The topological polar surface area (TPSA) is 42.5 Å². The van der Waals surface area contributed by atoms with Crippen LogP contribution in [-0.2, 0) is 5.41 Å². The fourth-order valence-electron chi connectivity index (χ4n) is 2.96. The Morgan fingerprint density at radius 2 is 1.96 bits per heavy atom. The normalized spacial score (nSPS) is 18.7. The maximum atomic E-state index is 13.5. The fraction of sp³-hybridized carbons (Fsp3) is 0.353. The van der Waals surface area contributed by atoms with Crippen molar-refractivity contribution in [2.75, 3.05) is 0 Å². The summed E-state index contributed by atoms with van der Waals surface area (Å²) in [5, 5.41) is 2.10. The highest BCUT2D eigenvalue weighted by molar-refractivity contribution is 7.12. The van der Waals surface area contributed by atoms with E-state index in [0.29, 0.717) is 0 Å². The lowest BCUT2D eigenvalue weighted by Crippen LogP contribution is -2.45. The van der Waals surface area contributed by atoms with Crippen LogP contribution in [0.2, 0.25) is 0 Å². The summed E-state index contributed by atoms with van der Waals surface area (Å²) < 4.78 is 15.1. The maximum Gasteiger partial charge on any atom is 0.257 e. The predicted octanol–water partition coefficient (Wildman–Crippen LogP) is 3.84. The molecule has 0 bridgehead atoms. The molecule has 4 heterocycles. The monoisotopic (exact) mass is 328 g/mol. The molecule has 0 unspecified atom stereocenters. The Morgan fingerprint density at radius 1 is 1.17 bits per heavy atom. The number of halogens is 1. The Hall–Kier alpha value is -2.08. The van der Waals surface area contributed by atoms with Crippen LogP contribution in [-0.4, -0.2) is 25.6 Å². The van der Waals surface area contributed by atoms with Crippen LogP contribution >= 0.6 is 11.3 Å². The zero-order valence-electron chi connectivity index (χ0n) is 13.5. The summed E-state index contributed by atoms with van der Waals surface area (Å²) in [7, 11) is 0. The molecular formula is C17H17FN4S. The van der Waals surface area contributed by atoms with Crippen LogP contribution in [0, 0.1) is 5.95 Å². The maximum absolute atomic E-state index is 13.5. The minimum absolute atomic E-state index is 0.0511. The minimum Gasteiger partial charge on any atom is -0.287 e. The molecule has 6 heteroatoms. The number of rotatable bonds is 1.